The minimum absolute atomic E-state index is 0.176. The molecule has 0 aliphatic rings. The van der Waals surface area contributed by atoms with E-state index in [1.807, 2.05) is 26.2 Å². The Kier molecular flexibility index (Phi) is 6.53. The number of thiophene rings is 1. The summed E-state index contributed by atoms with van der Waals surface area (Å²) in [7, 11) is 1.64. The van der Waals surface area contributed by atoms with Gasteiger partial charge >= 0.3 is 0 Å². The van der Waals surface area contributed by atoms with Crippen LogP contribution in [-0.4, -0.2) is 24.9 Å². The lowest BCUT2D eigenvalue weighted by atomic mass is 10.3. The maximum absolute atomic E-state index is 9.06. The molecular formula is C10H19NO2S. The molecule has 0 aromatic carbocycles. The minimum Gasteiger partial charge on any atom is -0.507 e. The molecule has 0 bridgehead atoms. The highest BCUT2D eigenvalue weighted by atomic mass is 32.1. The van der Waals surface area contributed by atoms with Gasteiger partial charge in [0.2, 0.25) is 0 Å². The predicted octanol–water partition coefficient (Wildman–Crippen LogP) is 2.05. The first-order chi connectivity index (χ1) is 6.49. The number of methoxy groups -OCH3 is 1. The Morgan fingerprint density at radius 1 is 1.57 bits per heavy atom. The van der Waals surface area contributed by atoms with E-state index in [1.165, 1.54) is 0 Å². The standard InChI is InChI=1S/C6H8OS.C4H11NO/c1-4-3-8-5(2)6(4)7;1-4(5)3-6-2/h3,7H,1-2H3;4H,3,5H2,1-2H3/t;4-/m.0/s1. The highest BCUT2D eigenvalue weighted by Crippen LogP contribution is 2.26. The zero-order chi connectivity index (χ0) is 11.1. The monoisotopic (exact) mass is 217 g/mol. The van der Waals surface area contributed by atoms with Crippen LogP contribution in [0.15, 0.2) is 5.38 Å². The van der Waals surface area contributed by atoms with Gasteiger partial charge in [-0.15, -0.1) is 11.3 Å². The molecular weight excluding hydrogens is 198 g/mol. The molecule has 1 aromatic rings. The average molecular weight is 217 g/mol. The first-order valence-electron chi connectivity index (χ1n) is 4.47. The molecule has 3 nitrogen and oxygen atoms in total. The molecule has 3 N–H and O–H groups in total. The maximum Gasteiger partial charge on any atom is 0.132 e. The van der Waals surface area contributed by atoms with Gasteiger partial charge in [0.25, 0.3) is 0 Å². The van der Waals surface area contributed by atoms with Crippen molar-refractivity contribution in [1.29, 1.82) is 0 Å². The summed E-state index contributed by atoms with van der Waals surface area (Å²) in [5, 5.41) is 11.0. The molecule has 1 atom stereocenters. The van der Waals surface area contributed by atoms with Crippen LogP contribution in [0.3, 0.4) is 0 Å². The number of hydrogen-bond donors (Lipinski definition) is 2. The van der Waals surface area contributed by atoms with Gasteiger partial charge in [0, 0.05) is 23.6 Å². The van der Waals surface area contributed by atoms with E-state index in [4.69, 9.17) is 10.8 Å². The van der Waals surface area contributed by atoms with Gasteiger partial charge in [-0.25, -0.2) is 0 Å². The van der Waals surface area contributed by atoms with Gasteiger partial charge in [-0.1, -0.05) is 0 Å². The summed E-state index contributed by atoms with van der Waals surface area (Å²) >= 11 is 1.58. The fraction of sp³-hybridized carbons (Fsp3) is 0.600. The Labute approximate surface area is 89.5 Å². The van der Waals surface area contributed by atoms with E-state index in [0.29, 0.717) is 12.4 Å². The molecule has 1 heterocycles. The zero-order valence-electron chi connectivity index (χ0n) is 9.20. The van der Waals surface area contributed by atoms with Gasteiger partial charge in [0.1, 0.15) is 5.75 Å². The van der Waals surface area contributed by atoms with Crippen LogP contribution < -0.4 is 5.73 Å². The fourth-order valence-electron chi connectivity index (χ4n) is 0.829. The molecule has 0 fully saturated rings. The van der Waals surface area contributed by atoms with E-state index < -0.39 is 0 Å². The van der Waals surface area contributed by atoms with Crippen molar-refractivity contribution >= 4 is 11.3 Å². The summed E-state index contributed by atoms with van der Waals surface area (Å²) < 4.78 is 4.68. The summed E-state index contributed by atoms with van der Waals surface area (Å²) in [6, 6.07) is 0.176. The van der Waals surface area contributed by atoms with Crippen LogP contribution >= 0.6 is 11.3 Å². The van der Waals surface area contributed by atoms with Gasteiger partial charge < -0.3 is 15.6 Å². The lowest BCUT2D eigenvalue weighted by Crippen LogP contribution is -2.20. The second-order valence-electron chi connectivity index (χ2n) is 3.26. The third-order valence-corrected chi connectivity index (χ3v) is 2.57. The summed E-state index contributed by atoms with van der Waals surface area (Å²) in [6.45, 7) is 6.37. The van der Waals surface area contributed by atoms with Crippen molar-refractivity contribution in [3.05, 3.63) is 15.8 Å². The van der Waals surface area contributed by atoms with Crippen molar-refractivity contribution in [1.82, 2.24) is 0 Å². The molecule has 82 valence electrons. The topological polar surface area (TPSA) is 55.5 Å². The van der Waals surface area contributed by atoms with E-state index >= 15 is 0 Å². The second kappa shape index (κ2) is 6.81. The molecule has 14 heavy (non-hydrogen) atoms. The van der Waals surface area contributed by atoms with Crippen LogP contribution in [0.5, 0.6) is 5.75 Å². The fourth-order valence-corrected chi connectivity index (χ4v) is 1.57. The maximum atomic E-state index is 9.06. The normalized spacial score (nSPS) is 11.8. The Bertz CT molecular complexity index is 239. The SMILES string of the molecule is COC[C@H](C)N.Cc1csc(C)c1O. The number of nitrogens with two attached hydrogens (primary N) is 1. The number of rotatable bonds is 2. The largest absolute Gasteiger partial charge is 0.507 e. The molecule has 0 spiro atoms. The van der Waals surface area contributed by atoms with E-state index in [2.05, 4.69) is 4.74 Å². The van der Waals surface area contributed by atoms with Crippen molar-refractivity contribution in [2.24, 2.45) is 5.73 Å². The molecule has 0 aliphatic heterocycles. The highest BCUT2D eigenvalue weighted by Gasteiger charge is 1.98. The van der Waals surface area contributed by atoms with Crippen molar-refractivity contribution in [3.63, 3.8) is 0 Å². The van der Waals surface area contributed by atoms with Crippen molar-refractivity contribution in [3.8, 4) is 5.75 Å². The average Bonchev–Trinajstić information content (AvgIpc) is 2.37. The number of aromatic hydroxyl groups is 1. The molecule has 0 radical (unpaired) electrons. The minimum atomic E-state index is 0.176. The number of hydrogen-bond acceptors (Lipinski definition) is 4. The van der Waals surface area contributed by atoms with E-state index in [9.17, 15) is 0 Å². The number of ether oxygens (including phenoxy) is 1. The molecule has 0 saturated carbocycles. The predicted molar refractivity (Wildman–Crippen MR) is 61.0 cm³/mol. The molecule has 0 amide bonds. The Morgan fingerprint density at radius 3 is 2.21 bits per heavy atom. The van der Waals surface area contributed by atoms with Gasteiger partial charge in [0.05, 0.1) is 6.61 Å². The van der Waals surface area contributed by atoms with Crippen LogP contribution in [0.25, 0.3) is 0 Å². The first-order valence-corrected chi connectivity index (χ1v) is 5.35. The Hall–Kier alpha value is -0.580. The summed E-state index contributed by atoms with van der Waals surface area (Å²) in [4.78, 5) is 1.00. The van der Waals surface area contributed by atoms with Crippen LogP contribution in [0.2, 0.25) is 0 Å². The third-order valence-electron chi connectivity index (χ3n) is 1.55. The molecule has 0 saturated heterocycles. The zero-order valence-corrected chi connectivity index (χ0v) is 10.0. The summed E-state index contributed by atoms with van der Waals surface area (Å²) in [5.74, 6) is 0.454. The smallest absolute Gasteiger partial charge is 0.132 e. The molecule has 0 aliphatic carbocycles. The lowest BCUT2D eigenvalue weighted by molar-refractivity contribution is 0.185. The first kappa shape index (κ1) is 13.4. The van der Waals surface area contributed by atoms with E-state index in [0.717, 1.165) is 10.4 Å². The molecule has 1 aromatic heterocycles. The molecule has 1 rings (SSSR count). The van der Waals surface area contributed by atoms with Crippen LogP contribution in [0.4, 0.5) is 0 Å². The quantitative estimate of drug-likeness (QED) is 0.797. The van der Waals surface area contributed by atoms with Crippen molar-refractivity contribution < 1.29 is 9.84 Å². The highest BCUT2D eigenvalue weighted by molar-refractivity contribution is 7.10. The number of aryl methyl sites for hydroxylation is 2. The lowest BCUT2D eigenvalue weighted by Gasteiger charge is -1.98. The van der Waals surface area contributed by atoms with Crippen molar-refractivity contribution in [2.45, 2.75) is 26.8 Å². The van der Waals surface area contributed by atoms with Gasteiger partial charge in [-0.3, -0.25) is 0 Å². The molecule has 4 heteroatoms. The van der Waals surface area contributed by atoms with Crippen LogP contribution in [-0.2, 0) is 4.74 Å². The van der Waals surface area contributed by atoms with E-state index in [1.54, 1.807) is 18.4 Å². The second-order valence-corrected chi connectivity index (χ2v) is 4.34. The summed E-state index contributed by atoms with van der Waals surface area (Å²) in [6.07, 6.45) is 0. The third kappa shape index (κ3) is 5.21. The van der Waals surface area contributed by atoms with E-state index in [-0.39, 0.29) is 6.04 Å². The molecule has 0 unspecified atom stereocenters. The Balaban J connectivity index is 0.000000255. The van der Waals surface area contributed by atoms with Gasteiger partial charge in [0.15, 0.2) is 0 Å². The van der Waals surface area contributed by atoms with Crippen LogP contribution in [0.1, 0.15) is 17.4 Å². The Morgan fingerprint density at radius 2 is 2.14 bits per heavy atom. The van der Waals surface area contributed by atoms with Gasteiger partial charge in [-0.05, 0) is 26.2 Å². The van der Waals surface area contributed by atoms with Gasteiger partial charge in [-0.2, -0.15) is 0 Å². The summed E-state index contributed by atoms with van der Waals surface area (Å²) in [5.41, 5.74) is 6.26. The van der Waals surface area contributed by atoms with Crippen LogP contribution in [0, 0.1) is 13.8 Å². The van der Waals surface area contributed by atoms with Crippen molar-refractivity contribution in [2.75, 3.05) is 13.7 Å².